The smallest absolute Gasteiger partial charge is 0.164 e. The van der Waals surface area contributed by atoms with Gasteiger partial charge in [-0.2, -0.15) is 0 Å². The van der Waals surface area contributed by atoms with E-state index >= 15 is 0 Å². The first-order chi connectivity index (χ1) is 56.4. The van der Waals surface area contributed by atoms with Gasteiger partial charge in [-0.1, -0.05) is 218 Å². The predicted molar refractivity (Wildman–Crippen MR) is 459 cm³/mol. The van der Waals surface area contributed by atoms with E-state index in [-0.39, 0.29) is 0 Å². The first-order valence-corrected chi connectivity index (χ1v) is 38.5. The summed E-state index contributed by atoms with van der Waals surface area (Å²) in [6.45, 7) is 0. The van der Waals surface area contributed by atoms with Gasteiger partial charge in [0, 0.05) is 99.5 Å². The minimum Gasteiger partial charge on any atom is -0.456 e. The van der Waals surface area contributed by atoms with E-state index in [1.165, 1.54) is 0 Å². The first-order valence-electron chi connectivity index (χ1n) is 37.7. The van der Waals surface area contributed by atoms with Crippen molar-refractivity contribution >= 4 is 109 Å². The predicted octanol–water partition coefficient (Wildman–Crippen LogP) is 24.9. The Hall–Kier alpha value is -15.5. The third kappa shape index (κ3) is 10.8. The molecule has 0 saturated carbocycles. The highest BCUT2D eigenvalue weighted by molar-refractivity contribution is 7.21. The highest BCUT2D eigenvalue weighted by atomic mass is 32.1. The lowest BCUT2D eigenvalue weighted by molar-refractivity contribution is 0.668. The average Bonchev–Trinajstić information content (AvgIpc) is 1.60. The maximum absolute atomic E-state index is 6.67. The number of para-hydroxylation sites is 7. The number of furan rings is 2. The number of fused-ring (bicyclic) bond motifs is 12. The minimum atomic E-state index is 0.524. The quantitative estimate of drug-likeness (QED) is 0.108. The second-order valence-electron chi connectivity index (χ2n) is 28.4. The van der Waals surface area contributed by atoms with Crippen molar-refractivity contribution in [2.45, 2.75) is 0 Å². The Bertz CT molecular complexity index is 7800. The lowest BCUT2D eigenvalue weighted by Crippen LogP contribution is -2.01. The molecule has 532 valence electrons. The van der Waals surface area contributed by atoms with Gasteiger partial charge in [0.15, 0.2) is 34.9 Å². The van der Waals surface area contributed by atoms with Crippen LogP contribution in [0.1, 0.15) is 0 Å². The second kappa shape index (κ2) is 26.1. The van der Waals surface area contributed by atoms with Crippen molar-refractivity contribution in [1.29, 1.82) is 0 Å². The Balaban J connectivity index is 0.579. The van der Waals surface area contributed by atoms with Crippen LogP contribution >= 0.6 is 11.3 Å². The Kier molecular flexibility index (Phi) is 14.8. The van der Waals surface area contributed by atoms with Gasteiger partial charge in [0.05, 0.1) is 43.3 Å². The maximum Gasteiger partial charge on any atom is 0.164 e. The average molecular weight is 1480 g/mol. The van der Waals surface area contributed by atoms with Crippen LogP contribution in [-0.2, 0) is 0 Å². The number of benzene rings is 15. The van der Waals surface area contributed by atoms with Gasteiger partial charge in [-0.05, 0) is 145 Å². The van der Waals surface area contributed by atoms with Gasteiger partial charge in [0.2, 0.25) is 0 Å². The Morgan fingerprint density at radius 1 is 0.219 bits per heavy atom. The molecular formula is C99H58N12O2S. The molecule has 15 aromatic carbocycles. The summed E-state index contributed by atoms with van der Waals surface area (Å²) in [6, 6.07) is 121. The van der Waals surface area contributed by atoms with E-state index in [0.29, 0.717) is 34.9 Å². The zero-order valence-electron chi connectivity index (χ0n) is 60.6. The lowest BCUT2D eigenvalue weighted by Gasteiger charge is -2.12. The van der Waals surface area contributed by atoms with E-state index in [1.54, 1.807) is 11.3 Å². The van der Waals surface area contributed by atoms with Crippen LogP contribution in [-0.4, -0.2) is 58.6 Å². The first kappa shape index (κ1) is 64.5. The molecule has 0 N–H and O–H groups in total. The van der Waals surface area contributed by atoms with Crippen molar-refractivity contribution in [1.82, 2.24) is 58.6 Å². The topological polar surface area (TPSA) is 157 Å². The zero-order chi connectivity index (χ0) is 74.9. The van der Waals surface area contributed by atoms with Crippen LogP contribution in [0, 0.1) is 0 Å². The molecule has 23 aromatic rings. The third-order valence-corrected chi connectivity index (χ3v) is 22.7. The molecule has 0 amide bonds. The Morgan fingerprint density at radius 3 is 1.21 bits per heavy atom. The molecule has 0 bridgehead atoms. The fourth-order valence-corrected chi connectivity index (χ4v) is 17.3. The number of nitrogens with zero attached hydrogens (tertiary/aromatic N) is 12. The van der Waals surface area contributed by atoms with Gasteiger partial charge in [-0.15, -0.1) is 11.3 Å². The summed E-state index contributed by atoms with van der Waals surface area (Å²) < 4.78 is 21.2. The van der Waals surface area contributed by atoms with Gasteiger partial charge in [0.1, 0.15) is 39.0 Å². The number of hydrogen-bond acceptors (Lipinski definition) is 12. The molecule has 23 rings (SSSR count). The van der Waals surface area contributed by atoms with Crippen molar-refractivity contribution in [2.75, 3.05) is 0 Å². The number of rotatable bonds is 13. The van der Waals surface area contributed by atoms with Gasteiger partial charge in [-0.3, -0.25) is 9.13 Å². The van der Waals surface area contributed by atoms with Crippen LogP contribution in [0.25, 0.3) is 228 Å². The largest absolute Gasteiger partial charge is 0.456 e. The molecule has 0 aliphatic rings. The van der Waals surface area contributed by atoms with Crippen molar-refractivity contribution < 1.29 is 8.83 Å². The van der Waals surface area contributed by atoms with Gasteiger partial charge in [-0.25, -0.2) is 44.9 Å². The van der Waals surface area contributed by atoms with E-state index in [4.69, 9.17) is 53.7 Å². The van der Waals surface area contributed by atoms with Gasteiger partial charge < -0.3 is 13.4 Å². The molecule has 15 heteroatoms. The van der Waals surface area contributed by atoms with Crippen LogP contribution in [0.3, 0.4) is 0 Å². The summed E-state index contributed by atoms with van der Waals surface area (Å²) in [5.41, 5.74) is 23.0. The van der Waals surface area contributed by atoms with Crippen molar-refractivity contribution in [3.05, 3.63) is 352 Å². The highest BCUT2D eigenvalue weighted by Crippen LogP contribution is 2.45. The molecule has 0 unspecified atom stereocenters. The molecule has 0 radical (unpaired) electrons. The monoisotopic (exact) mass is 1480 g/mol. The summed E-state index contributed by atoms with van der Waals surface area (Å²) in [5, 5.41) is 6.85. The van der Waals surface area contributed by atoms with Crippen LogP contribution in [0.5, 0.6) is 0 Å². The Labute approximate surface area is 654 Å². The maximum atomic E-state index is 6.67. The number of hydrogen-bond donors (Lipinski definition) is 0. The van der Waals surface area contributed by atoms with E-state index < -0.39 is 0 Å². The summed E-state index contributed by atoms with van der Waals surface area (Å²) in [4.78, 5) is 47.4. The molecule has 0 atom stereocenters. The number of aromatic nitrogens is 12. The molecule has 14 nitrogen and oxygen atoms in total. The Morgan fingerprint density at radius 2 is 0.640 bits per heavy atom. The molecule has 8 heterocycles. The highest BCUT2D eigenvalue weighted by Gasteiger charge is 2.25. The SMILES string of the molecule is c1ccc(-c2nc(-c3ccc(-c4nc5cc(-c6ccc7c8ccccc8n(-c8cccc(-c9nc(-c%10ccccc%10)nc(-c%10cccc%11oc%12ccc(-c%13nc%14ccccc%14n%13-c%13ccccc%13)cc%12c%10%11)n9)c8)c7c6)ccc5s4)cc3)nc(-c3cccc4oc5ccc(-c6nc7ccccc7n6-c6ccccc6)cc5c34)n2)cc1. The molecule has 0 saturated heterocycles. The lowest BCUT2D eigenvalue weighted by atomic mass is 10.0. The molecule has 8 aromatic heterocycles. The van der Waals surface area contributed by atoms with E-state index in [2.05, 4.69) is 244 Å². The summed E-state index contributed by atoms with van der Waals surface area (Å²) >= 11 is 1.67. The van der Waals surface area contributed by atoms with Crippen LogP contribution in [0.15, 0.2) is 361 Å². The fraction of sp³-hybridized carbons (Fsp3) is 0. The normalized spacial score (nSPS) is 11.9. The third-order valence-electron chi connectivity index (χ3n) is 21.6. The van der Waals surface area contributed by atoms with Crippen molar-refractivity contribution in [3.63, 3.8) is 0 Å². The molecular weight excluding hydrogens is 1420 g/mol. The van der Waals surface area contributed by atoms with Crippen molar-refractivity contribution in [2.24, 2.45) is 0 Å². The molecule has 114 heavy (non-hydrogen) atoms. The van der Waals surface area contributed by atoms with Gasteiger partial charge in [0.25, 0.3) is 0 Å². The van der Waals surface area contributed by atoms with Crippen LogP contribution in [0.2, 0.25) is 0 Å². The molecule has 0 aliphatic carbocycles. The summed E-state index contributed by atoms with van der Waals surface area (Å²) in [5.74, 6) is 4.91. The van der Waals surface area contributed by atoms with Gasteiger partial charge >= 0.3 is 0 Å². The van der Waals surface area contributed by atoms with E-state index in [0.717, 1.165) is 193 Å². The summed E-state index contributed by atoms with van der Waals surface area (Å²) in [6.07, 6.45) is 0. The summed E-state index contributed by atoms with van der Waals surface area (Å²) in [7, 11) is 0. The van der Waals surface area contributed by atoms with Crippen LogP contribution < -0.4 is 0 Å². The van der Waals surface area contributed by atoms with E-state index in [9.17, 15) is 0 Å². The van der Waals surface area contributed by atoms with Crippen molar-refractivity contribution in [3.8, 4) is 130 Å². The van der Waals surface area contributed by atoms with E-state index in [1.807, 2.05) is 121 Å². The standard InChI is InChI=1S/C99H58N12O2S/c1-5-22-59(23-6-1)91-103-93(107-95(105-91)73-33-20-40-86-89(73)75-55-66(47-51-84(75)112-86)97-100-77-35-14-17-38-81(77)110(97)68-27-9-3-10-28-68)61-42-44-62(45-43-61)99-102-79-57-63(49-53-88(79)114-99)64-46-50-72-71-32-13-16-37-80(71)109(83(72)58-64)70-31-19-26-65(54-70)94-104-92(60-24-7-2-8-25-60)106-96(108-94)74-34-21-41-87-90(74)76-56-67(48-52-85(76)113-87)98-101-78-36-15-18-39-82(78)111(98)69-29-11-4-12-30-69/h1-58H. The fourth-order valence-electron chi connectivity index (χ4n) is 16.3. The molecule has 0 spiro atoms. The second-order valence-corrected chi connectivity index (χ2v) is 29.5. The van der Waals surface area contributed by atoms with Crippen LogP contribution in [0.4, 0.5) is 0 Å². The zero-order valence-corrected chi connectivity index (χ0v) is 61.4. The number of imidazole rings is 2. The minimum absolute atomic E-state index is 0.524. The number of thiazole rings is 1. The molecule has 0 aliphatic heterocycles. The molecule has 0 fully saturated rings.